The van der Waals surface area contributed by atoms with Crippen LogP contribution in [0.4, 0.5) is 0 Å². The molecule has 0 aromatic heterocycles. The molecule has 0 heterocycles. The van der Waals surface area contributed by atoms with Crippen LogP contribution >= 0.6 is 0 Å². The van der Waals surface area contributed by atoms with Crippen molar-refractivity contribution >= 4 is 5.78 Å². The van der Waals surface area contributed by atoms with E-state index in [-0.39, 0.29) is 5.41 Å². The molecule has 68 valence electrons. The Morgan fingerprint density at radius 2 is 2.31 bits per heavy atom. The first-order valence-corrected chi connectivity index (χ1v) is 5.12. The van der Waals surface area contributed by atoms with Gasteiger partial charge in [-0.3, -0.25) is 4.79 Å². The van der Waals surface area contributed by atoms with Crippen molar-refractivity contribution in [3.8, 4) is 0 Å². The highest BCUT2D eigenvalue weighted by atomic mass is 16.1. The number of fused-ring (bicyclic) bond motifs is 5. The first kappa shape index (κ1) is 7.54. The lowest BCUT2D eigenvalue weighted by Crippen LogP contribution is -2.40. The Hall–Kier alpha value is -0.850. The van der Waals surface area contributed by atoms with Gasteiger partial charge in [0.25, 0.3) is 0 Å². The summed E-state index contributed by atoms with van der Waals surface area (Å²) in [6, 6.07) is 0. The third kappa shape index (κ3) is 0.714. The molecule has 0 amide bonds. The summed E-state index contributed by atoms with van der Waals surface area (Å²) in [6.45, 7) is 2.16. The molecule has 0 unspecified atom stereocenters. The SMILES string of the molecule is C[C@]12C(=O)C=CC[C@H]1[C@H]1C=C[C@@H]2C1. The lowest BCUT2D eigenvalue weighted by molar-refractivity contribution is -0.127. The average molecular weight is 174 g/mol. The molecular weight excluding hydrogens is 160 g/mol. The molecular formula is C12H14O. The van der Waals surface area contributed by atoms with Gasteiger partial charge >= 0.3 is 0 Å². The van der Waals surface area contributed by atoms with Gasteiger partial charge in [-0.1, -0.05) is 25.2 Å². The molecule has 0 aromatic rings. The van der Waals surface area contributed by atoms with Crippen LogP contribution < -0.4 is 0 Å². The van der Waals surface area contributed by atoms with Gasteiger partial charge in [-0.15, -0.1) is 0 Å². The van der Waals surface area contributed by atoms with Crippen molar-refractivity contribution < 1.29 is 4.79 Å². The van der Waals surface area contributed by atoms with Crippen molar-refractivity contribution in [2.24, 2.45) is 23.2 Å². The second-order valence-corrected chi connectivity index (χ2v) is 4.78. The number of hydrogen-bond acceptors (Lipinski definition) is 1. The Morgan fingerprint density at radius 1 is 1.46 bits per heavy atom. The van der Waals surface area contributed by atoms with E-state index in [1.54, 1.807) is 6.08 Å². The molecule has 4 atom stereocenters. The van der Waals surface area contributed by atoms with Crippen LogP contribution in [0.1, 0.15) is 19.8 Å². The molecule has 0 saturated heterocycles. The normalized spacial score (nSPS) is 51.5. The van der Waals surface area contributed by atoms with Crippen molar-refractivity contribution in [3.05, 3.63) is 24.3 Å². The van der Waals surface area contributed by atoms with E-state index < -0.39 is 0 Å². The number of carbonyl (C=O) groups is 1. The van der Waals surface area contributed by atoms with Crippen molar-refractivity contribution in [2.45, 2.75) is 19.8 Å². The predicted octanol–water partition coefficient (Wildman–Crippen LogP) is 2.34. The quantitative estimate of drug-likeness (QED) is 0.515. The van der Waals surface area contributed by atoms with Crippen LogP contribution in [-0.2, 0) is 4.79 Å². The summed E-state index contributed by atoms with van der Waals surface area (Å²) in [5, 5.41) is 0. The Bertz CT molecular complexity index is 326. The lowest BCUT2D eigenvalue weighted by atomic mass is 9.64. The smallest absolute Gasteiger partial charge is 0.162 e. The van der Waals surface area contributed by atoms with Crippen molar-refractivity contribution in [1.82, 2.24) is 0 Å². The molecule has 0 aliphatic heterocycles. The zero-order chi connectivity index (χ0) is 9.05. The van der Waals surface area contributed by atoms with Gasteiger partial charge in [-0.05, 0) is 36.7 Å². The molecule has 13 heavy (non-hydrogen) atoms. The second-order valence-electron chi connectivity index (χ2n) is 4.78. The summed E-state index contributed by atoms with van der Waals surface area (Å²) in [6.07, 6.45) is 10.8. The van der Waals surface area contributed by atoms with E-state index >= 15 is 0 Å². The topological polar surface area (TPSA) is 17.1 Å². The third-order valence-corrected chi connectivity index (χ3v) is 4.36. The molecule has 0 radical (unpaired) electrons. The van der Waals surface area contributed by atoms with Gasteiger partial charge < -0.3 is 0 Å². The highest BCUT2D eigenvalue weighted by Crippen LogP contribution is 2.59. The Morgan fingerprint density at radius 3 is 3.08 bits per heavy atom. The van der Waals surface area contributed by atoms with Crippen LogP contribution in [0.3, 0.4) is 0 Å². The maximum absolute atomic E-state index is 11.9. The number of rotatable bonds is 0. The van der Waals surface area contributed by atoms with Crippen LogP contribution in [0.15, 0.2) is 24.3 Å². The Labute approximate surface area is 78.5 Å². The van der Waals surface area contributed by atoms with Crippen LogP contribution in [-0.4, -0.2) is 5.78 Å². The highest BCUT2D eigenvalue weighted by Gasteiger charge is 2.56. The Balaban J connectivity index is 2.12. The van der Waals surface area contributed by atoms with E-state index in [0.717, 1.165) is 6.42 Å². The van der Waals surface area contributed by atoms with Gasteiger partial charge in [0, 0.05) is 5.41 Å². The summed E-state index contributed by atoms with van der Waals surface area (Å²) >= 11 is 0. The molecule has 1 heteroatoms. The van der Waals surface area contributed by atoms with Crippen molar-refractivity contribution in [1.29, 1.82) is 0 Å². The fraction of sp³-hybridized carbons (Fsp3) is 0.583. The van der Waals surface area contributed by atoms with Crippen molar-refractivity contribution in [2.75, 3.05) is 0 Å². The zero-order valence-electron chi connectivity index (χ0n) is 7.86. The van der Waals surface area contributed by atoms with Crippen LogP contribution in [0, 0.1) is 23.2 Å². The largest absolute Gasteiger partial charge is 0.294 e. The first-order valence-electron chi connectivity index (χ1n) is 5.12. The number of allylic oxidation sites excluding steroid dienone is 4. The van der Waals surface area contributed by atoms with E-state index in [1.165, 1.54) is 6.42 Å². The molecule has 1 saturated carbocycles. The van der Waals surface area contributed by atoms with Gasteiger partial charge in [-0.2, -0.15) is 0 Å². The van der Waals surface area contributed by atoms with E-state index in [1.807, 2.05) is 0 Å². The summed E-state index contributed by atoms with van der Waals surface area (Å²) in [7, 11) is 0. The minimum Gasteiger partial charge on any atom is -0.294 e. The standard InChI is InChI=1S/C12H14O/c1-12-9-6-5-8(7-9)10(12)3-2-4-11(12)13/h2,4-6,8-10H,3,7H2,1H3/t8-,9+,10-,12+/m0/s1. The van der Waals surface area contributed by atoms with E-state index in [4.69, 9.17) is 0 Å². The Kier molecular flexibility index (Phi) is 1.24. The fourth-order valence-corrected chi connectivity index (χ4v) is 3.48. The molecule has 1 fully saturated rings. The number of ketones is 1. The minimum absolute atomic E-state index is 0.0475. The van der Waals surface area contributed by atoms with Gasteiger partial charge in [0.1, 0.15) is 0 Å². The fourth-order valence-electron chi connectivity index (χ4n) is 3.48. The molecule has 3 aliphatic rings. The molecule has 0 aromatic carbocycles. The third-order valence-electron chi connectivity index (χ3n) is 4.36. The molecule has 1 nitrogen and oxygen atoms in total. The minimum atomic E-state index is -0.0475. The van der Waals surface area contributed by atoms with Gasteiger partial charge in [0.2, 0.25) is 0 Å². The van der Waals surface area contributed by atoms with E-state index in [9.17, 15) is 4.79 Å². The van der Waals surface area contributed by atoms with Gasteiger partial charge in [0.15, 0.2) is 5.78 Å². The van der Waals surface area contributed by atoms with Crippen molar-refractivity contribution in [3.63, 3.8) is 0 Å². The maximum Gasteiger partial charge on any atom is 0.162 e. The molecule has 2 bridgehead atoms. The number of carbonyl (C=O) groups excluding carboxylic acids is 1. The summed E-state index contributed by atoms with van der Waals surface area (Å²) < 4.78 is 0. The summed E-state index contributed by atoms with van der Waals surface area (Å²) in [5.74, 6) is 2.17. The summed E-state index contributed by atoms with van der Waals surface area (Å²) in [5.41, 5.74) is -0.0475. The molecule has 0 N–H and O–H groups in total. The molecule has 3 aliphatic carbocycles. The zero-order valence-corrected chi connectivity index (χ0v) is 7.86. The van der Waals surface area contributed by atoms with Gasteiger partial charge in [0.05, 0.1) is 0 Å². The average Bonchev–Trinajstić information content (AvgIpc) is 2.66. The van der Waals surface area contributed by atoms with Crippen LogP contribution in [0.5, 0.6) is 0 Å². The second kappa shape index (κ2) is 2.14. The molecule has 0 spiro atoms. The van der Waals surface area contributed by atoms with E-state index in [0.29, 0.717) is 23.5 Å². The predicted molar refractivity (Wildman–Crippen MR) is 51.1 cm³/mol. The van der Waals surface area contributed by atoms with Crippen LogP contribution in [0.25, 0.3) is 0 Å². The van der Waals surface area contributed by atoms with E-state index in [2.05, 4.69) is 25.2 Å². The monoisotopic (exact) mass is 174 g/mol. The number of hydrogen-bond donors (Lipinski definition) is 0. The summed E-state index contributed by atoms with van der Waals surface area (Å²) in [4.78, 5) is 11.9. The maximum atomic E-state index is 11.9. The molecule has 3 rings (SSSR count). The van der Waals surface area contributed by atoms with Gasteiger partial charge in [-0.25, -0.2) is 0 Å². The highest BCUT2D eigenvalue weighted by molar-refractivity contribution is 5.96. The first-order chi connectivity index (χ1) is 6.23. The lowest BCUT2D eigenvalue weighted by Gasteiger charge is -2.38. The van der Waals surface area contributed by atoms with Crippen LogP contribution in [0.2, 0.25) is 0 Å².